The van der Waals surface area contributed by atoms with E-state index in [2.05, 4.69) is 49.9 Å². The number of rotatable bonds is 5. The third kappa shape index (κ3) is 3.15. The van der Waals surface area contributed by atoms with Gasteiger partial charge in [0.1, 0.15) is 18.2 Å². The van der Waals surface area contributed by atoms with Gasteiger partial charge >= 0.3 is 0 Å². The highest BCUT2D eigenvalue weighted by Crippen LogP contribution is 2.37. The lowest BCUT2D eigenvalue weighted by atomic mass is 10.2. The van der Waals surface area contributed by atoms with Crippen molar-refractivity contribution in [1.29, 1.82) is 0 Å². The number of aromatic amines is 1. The second kappa shape index (κ2) is 6.84. The predicted molar refractivity (Wildman–Crippen MR) is 98.5 cm³/mol. The van der Waals surface area contributed by atoms with E-state index in [1.807, 2.05) is 30.6 Å². The van der Waals surface area contributed by atoms with Gasteiger partial charge in [-0.05, 0) is 37.3 Å². The van der Waals surface area contributed by atoms with Crippen molar-refractivity contribution in [2.24, 2.45) is 0 Å². The van der Waals surface area contributed by atoms with Crippen LogP contribution in [0.15, 0.2) is 55.1 Å². The van der Waals surface area contributed by atoms with Crippen LogP contribution in [-0.2, 0) is 6.54 Å². The minimum atomic E-state index is 0.693. The molecule has 1 N–H and O–H groups in total. The third-order valence-corrected chi connectivity index (χ3v) is 4.37. The van der Waals surface area contributed by atoms with Gasteiger partial charge in [0, 0.05) is 24.6 Å². The molecule has 1 aliphatic rings. The van der Waals surface area contributed by atoms with E-state index in [0.717, 1.165) is 48.3 Å². The fourth-order valence-electron chi connectivity index (χ4n) is 3.16. The first-order valence-corrected chi connectivity index (χ1v) is 8.53. The highest BCUT2D eigenvalue weighted by molar-refractivity contribution is 5.71. The van der Waals surface area contributed by atoms with E-state index in [0.29, 0.717) is 6.61 Å². The van der Waals surface area contributed by atoms with E-state index in [1.54, 1.807) is 6.33 Å². The van der Waals surface area contributed by atoms with Crippen molar-refractivity contribution in [3.05, 3.63) is 60.8 Å². The molecule has 3 heterocycles. The van der Waals surface area contributed by atoms with Crippen molar-refractivity contribution >= 4 is 17.2 Å². The van der Waals surface area contributed by atoms with Crippen LogP contribution >= 0.6 is 0 Å². The summed E-state index contributed by atoms with van der Waals surface area (Å²) in [6.07, 6.45) is 5.41. The van der Waals surface area contributed by atoms with Gasteiger partial charge in [-0.1, -0.05) is 6.07 Å². The molecular formula is C19H21N5O. The van der Waals surface area contributed by atoms with Crippen molar-refractivity contribution in [3.63, 3.8) is 0 Å². The first kappa shape index (κ1) is 15.5. The molecule has 25 heavy (non-hydrogen) atoms. The van der Waals surface area contributed by atoms with Crippen LogP contribution in [0.4, 0.5) is 17.2 Å². The van der Waals surface area contributed by atoms with E-state index >= 15 is 0 Å². The summed E-state index contributed by atoms with van der Waals surface area (Å²) in [6.45, 7) is 5.31. The molecule has 0 spiro atoms. The lowest BCUT2D eigenvalue weighted by Gasteiger charge is -2.32. The molecule has 0 amide bonds. The van der Waals surface area contributed by atoms with Gasteiger partial charge in [0.15, 0.2) is 0 Å². The molecule has 4 rings (SSSR count). The van der Waals surface area contributed by atoms with Crippen LogP contribution < -0.4 is 14.5 Å². The number of pyridine rings is 1. The summed E-state index contributed by atoms with van der Waals surface area (Å²) in [5.74, 6) is 1.87. The molecule has 1 aliphatic heterocycles. The number of hydrogen-bond acceptors (Lipinski definition) is 5. The van der Waals surface area contributed by atoms with Gasteiger partial charge in [-0.25, -0.2) is 9.97 Å². The van der Waals surface area contributed by atoms with E-state index in [9.17, 15) is 0 Å². The highest BCUT2D eigenvalue weighted by atomic mass is 16.5. The number of H-pyrrole nitrogens is 1. The molecule has 1 aromatic carbocycles. The number of nitrogens with one attached hydrogen (secondary N) is 1. The maximum atomic E-state index is 5.85. The highest BCUT2D eigenvalue weighted by Gasteiger charge is 2.20. The molecule has 0 radical (unpaired) electrons. The minimum absolute atomic E-state index is 0.693. The number of ether oxygens (including phenoxy) is 1. The van der Waals surface area contributed by atoms with Gasteiger partial charge in [0.25, 0.3) is 0 Å². The fraction of sp³-hybridized carbons (Fsp3) is 0.263. The van der Waals surface area contributed by atoms with Gasteiger partial charge < -0.3 is 19.5 Å². The lowest BCUT2D eigenvalue weighted by molar-refractivity contribution is 0.306. The molecular weight excluding hydrogens is 314 g/mol. The second-order valence-electron chi connectivity index (χ2n) is 5.93. The molecule has 6 nitrogen and oxygen atoms in total. The Morgan fingerprint density at radius 3 is 3.00 bits per heavy atom. The van der Waals surface area contributed by atoms with Gasteiger partial charge in [0.05, 0.1) is 30.8 Å². The lowest BCUT2D eigenvalue weighted by Crippen LogP contribution is -2.32. The van der Waals surface area contributed by atoms with Crippen LogP contribution in [0.3, 0.4) is 0 Å². The number of imidazole rings is 1. The number of anilines is 3. The van der Waals surface area contributed by atoms with E-state index in [4.69, 9.17) is 4.74 Å². The topological polar surface area (TPSA) is 57.3 Å². The van der Waals surface area contributed by atoms with E-state index in [1.165, 1.54) is 0 Å². The predicted octanol–water partition coefficient (Wildman–Crippen LogP) is 3.36. The number of fused-ring (bicyclic) bond motifs is 1. The van der Waals surface area contributed by atoms with E-state index in [-0.39, 0.29) is 0 Å². The molecule has 0 fully saturated rings. The molecule has 0 saturated heterocycles. The average Bonchev–Trinajstić information content (AvgIpc) is 3.17. The Kier molecular flexibility index (Phi) is 4.24. The first-order chi connectivity index (χ1) is 12.3. The molecule has 6 heteroatoms. The fourth-order valence-corrected chi connectivity index (χ4v) is 3.16. The summed E-state index contributed by atoms with van der Waals surface area (Å²) in [6, 6.07) is 12.3. The summed E-state index contributed by atoms with van der Waals surface area (Å²) in [4.78, 5) is 16.3. The van der Waals surface area contributed by atoms with Crippen LogP contribution in [-0.4, -0.2) is 34.6 Å². The summed E-state index contributed by atoms with van der Waals surface area (Å²) in [5.41, 5.74) is 3.31. The molecule has 0 saturated carbocycles. The summed E-state index contributed by atoms with van der Waals surface area (Å²) >= 11 is 0. The largest absolute Gasteiger partial charge is 0.490 e. The van der Waals surface area contributed by atoms with Crippen molar-refractivity contribution < 1.29 is 4.74 Å². The van der Waals surface area contributed by atoms with Gasteiger partial charge in [-0.2, -0.15) is 0 Å². The molecule has 0 unspecified atom stereocenters. The van der Waals surface area contributed by atoms with Gasteiger partial charge in [-0.15, -0.1) is 0 Å². The zero-order chi connectivity index (χ0) is 17.1. The van der Waals surface area contributed by atoms with Crippen LogP contribution in [0.2, 0.25) is 0 Å². The van der Waals surface area contributed by atoms with Crippen LogP contribution in [0.25, 0.3) is 0 Å². The summed E-state index contributed by atoms with van der Waals surface area (Å²) in [5, 5.41) is 0. The number of hydrogen-bond donors (Lipinski definition) is 1. The molecule has 128 valence electrons. The SMILES string of the molecule is CCN(c1ccc2c(c1)N(Cc1cnc[nH]1)CCO2)c1ccccn1. The van der Waals surface area contributed by atoms with Crippen molar-refractivity contribution in [3.8, 4) is 5.75 Å². The van der Waals surface area contributed by atoms with Crippen LogP contribution in [0.1, 0.15) is 12.6 Å². The van der Waals surface area contributed by atoms with Crippen molar-refractivity contribution in [2.45, 2.75) is 13.5 Å². The van der Waals surface area contributed by atoms with Gasteiger partial charge in [-0.3, -0.25) is 0 Å². The smallest absolute Gasteiger partial charge is 0.142 e. The maximum Gasteiger partial charge on any atom is 0.142 e. The number of benzene rings is 1. The Morgan fingerprint density at radius 1 is 1.28 bits per heavy atom. The average molecular weight is 335 g/mol. The summed E-state index contributed by atoms with van der Waals surface area (Å²) in [7, 11) is 0. The Labute approximate surface area is 147 Å². The normalized spacial score (nSPS) is 13.2. The Balaban J connectivity index is 1.67. The molecule has 2 aromatic heterocycles. The Hall–Kier alpha value is -3.02. The Bertz CT molecular complexity index is 819. The second-order valence-corrected chi connectivity index (χ2v) is 5.93. The van der Waals surface area contributed by atoms with Crippen LogP contribution in [0, 0.1) is 0 Å². The van der Waals surface area contributed by atoms with Gasteiger partial charge in [0.2, 0.25) is 0 Å². The van der Waals surface area contributed by atoms with Crippen molar-refractivity contribution in [2.75, 3.05) is 29.5 Å². The monoisotopic (exact) mass is 335 g/mol. The first-order valence-electron chi connectivity index (χ1n) is 8.53. The van der Waals surface area contributed by atoms with Crippen molar-refractivity contribution in [1.82, 2.24) is 15.0 Å². The standard InChI is InChI=1S/C19H21N5O/c1-2-24(19-5-3-4-8-21-19)16-6-7-18-17(11-16)23(9-10-25-18)13-15-12-20-14-22-15/h3-8,11-12,14H,2,9-10,13H2,1H3,(H,20,22). The Morgan fingerprint density at radius 2 is 2.24 bits per heavy atom. The van der Waals surface area contributed by atoms with Crippen LogP contribution in [0.5, 0.6) is 5.75 Å². The van der Waals surface area contributed by atoms with E-state index < -0.39 is 0 Å². The molecule has 0 atom stereocenters. The minimum Gasteiger partial charge on any atom is -0.490 e. The molecule has 0 aliphatic carbocycles. The molecule has 0 bridgehead atoms. The summed E-state index contributed by atoms with van der Waals surface area (Å²) < 4.78 is 5.85. The quantitative estimate of drug-likeness (QED) is 0.775. The number of aromatic nitrogens is 3. The zero-order valence-corrected chi connectivity index (χ0v) is 14.2. The molecule has 3 aromatic rings. The number of nitrogens with zero attached hydrogens (tertiary/aromatic N) is 4. The zero-order valence-electron chi connectivity index (χ0n) is 14.2. The third-order valence-electron chi connectivity index (χ3n) is 4.37. The maximum absolute atomic E-state index is 5.85.